The molecular weight excluding hydrogens is 268 g/mol. The molecule has 0 heterocycles. The van der Waals surface area contributed by atoms with Crippen LogP contribution in [0, 0.1) is 45.8 Å². The summed E-state index contributed by atoms with van der Waals surface area (Å²) >= 11 is 0. The summed E-state index contributed by atoms with van der Waals surface area (Å²) in [7, 11) is 0. The van der Waals surface area contributed by atoms with E-state index in [9.17, 15) is 4.79 Å². The van der Waals surface area contributed by atoms with Gasteiger partial charge in [0.05, 0.1) is 0 Å². The Morgan fingerprint density at radius 1 is 0.909 bits per heavy atom. The van der Waals surface area contributed by atoms with E-state index in [1.165, 1.54) is 51.4 Å². The van der Waals surface area contributed by atoms with Gasteiger partial charge in [0.1, 0.15) is 5.78 Å². The van der Waals surface area contributed by atoms with Crippen molar-refractivity contribution in [2.75, 3.05) is 0 Å². The second-order valence-corrected chi connectivity index (χ2v) is 10.2. The fourth-order valence-corrected chi connectivity index (χ4v) is 8.90. The lowest BCUT2D eigenvalue weighted by Gasteiger charge is -2.58. The zero-order valence-electron chi connectivity index (χ0n) is 14.7. The molecule has 8 atom stereocenters. The van der Waals surface area contributed by atoms with Crippen LogP contribution in [0.4, 0.5) is 0 Å². The van der Waals surface area contributed by atoms with Crippen LogP contribution in [0.2, 0.25) is 0 Å². The zero-order chi connectivity index (χ0) is 15.3. The molecule has 0 aromatic rings. The van der Waals surface area contributed by atoms with Gasteiger partial charge in [-0.3, -0.25) is 4.79 Å². The van der Waals surface area contributed by atoms with Crippen molar-refractivity contribution in [1.29, 1.82) is 0 Å². The number of ketones is 1. The first-order chi connectivity index (χ1) is 10.4. The van der Waals surface area contributed by atoms with Crippen LogP contribution in [0.1, 0.15) is 78.6 Å². The second-order valence-electron chi connectivity index (χ2n) is 10.2. The number of hydrogen-bond donors (Lipinski definition) is 0. The van der Waals surface area contributed by atoms with Crippen LogP contribution in [-0.2, 0) is 4.79 Å². The smallest absolute Gasteiger partial charge is 0.133 e. The van der Waals surface area contributed by atoms with E-state index in [2.05, 4.69) is 13.8 Å². The van der Waals surface area contributed by atoms with E-state index in [1.54, 1.807) is 6.42 Å². The minimum Gasteiger partial charge on any atom is -0.300 e. The lowest BCUT2D eigenvalue weighted by Crippen LogP contribution is -2.52. The van der Waals surface area contributed by atoms with E-state index < -0.39 is 0 Å². The maximum atomic E-state index is 12.2. The SMILES string of the molecule is CC(=O)[C@@H]1CC[C@@H]2[C@@H]3CC[C@]45C[C@H]4CC[C@]5(C)[C@H]3CC[C@@]21C. The van der Waals surface area contributed by atoms with E-state index in [0.717, 1.165) is 29.1 Å². The van der Waals surface area contributed by atoms with Crippen LogP contribution >= 0.6 is 0 Å². The maximum absolute atomic E-state index is 12.2. The normalized spacial score (nSPS) is 61.9. The van der Waals surface area contributed by atoms with Crippen molar-refractivity contribution < 1.29 is 4.79 Å². The van der Waals surface area contributed by atoms with E-state index in [0.29, 0.717) is 22.5 Å². The van der Waals surface area contributed by atoms with Crippen LogP contribution in [0.3, 0.4) is 0 Å². The Kier molecular flexibility index (Phi) is 2.56. The summed E-state index contributed by atoms with van der Waals surface area (Å²) in [5, 5.41) is 0. The highest BCUT2D eigenvalue weighted by Gasteiger charge is 2.73. The van der Waals surface area contributed by atoms with E-state index in [4.69, 9.17) is 0 Å². The Hall–Kier alpha value is -0.330. The molecule has 1 spiro atoms. The Bertz CT molecular complexity index is 538. The molecule has 5 rings (SSSR count). The third kappa shape index (κ3) is 1.37. The van der Waals surface area contributed by atoms with E-state index >= 15 is 0 Å². The summed E-state index contributed by atoms with van der Waals surface area (Å²) in [5.41, 5.74) is 1.78. The minimum atomic E-state index is 0.343. The van der Waals surface area contributed by atoms with Gasteiger partial charge >= 0.3 is 0 Å². The molecule has 5 fully saturated rings. The molecule has 22 heavy (non-hydrogen) atoms. The van der Waals surface area contributed by atoms with Gasteiger partial charge in [0.2, 0.25) is 0 Å². The van der Waals surface area contributed by atoms with Crippen LogP contribution < -0.4 is 0 Å². The highest BCUT2D eigenvalue weighted by molar-refractivity contribution is 5.79. The number of Topliss-reactive ketones (excluding diaryl/α,β-unsaturated/α-hetero) is 1. The number of fused-ring (bicyclic) bond motifs is 4. The fraction of sp³-hybridized carbons (Fsp3) is 0.952. The molecule has 0 N–H and O–H groups in total. The summed E-state index contributed by atoms with van der Waals surface area (Å²) in [6, 6.07) is 0. The predicted octanol–water partition coefficient (Wildman–Crippen LogP) is 5.23. The highest BCUT2D eigenvalue weighted by Crippen LogP contribution is 2.81. The standard InChI is InChI=1S/C21H32O/c1-13(22)16-4-5-17-15-7-11-21-12-14(21)6-10-20(21,3)18(15)8-9-19(16,17)2/h14-18H,4-12H2,1-3H3/t14-,15+,16+,17-,18+,19-,20-,21+/m1/s1. The van der Waals surface area contributed by atoms with Crippen LogP contribution in [0.25, 0.3) is 0 Å². The molecule has 0 saturated heterocycles. The molecule has 0 aromatic carbocycles. The molecule has 1 heteroatoms. The van der Waals surface area contributed by atoms with Crippen molar-refractivity contribution in [3.8, 4) is 0 Å². The zero-order valence-corrected chi connectivity index (χ0v) is 14.7. The molecule has 1 nitrogen and oxygen atoms in total. The first-order valence-corrected chi connectivity index (χ1v) is 9.93. The summed E-state index contributed by atoms with van der Waals surface area (Å²) in [4.78, 5) is 12.2. The Balaban J connectivity index is 1.49. The molecule has 0 radical (unpaired) electrons. The van der Waals surface area contributed by atoms with Crippen molar-refractivity contribution in [2.45, 2.75) is 78.6 Å². The lowest BCUT2D eigenvalue weighted by atomic mass is 9.46. The van der Waals surface area contributed by atoms with Crippen LogP contribution in [0.5, 0.6) is 0 Å². The summed E-state index contributed by atoms with van der Waals surface area (Å²) in [6.45, 7) is 7.01. The summed E-state index contributed by atoms with van der Waals surface area (Å²) in [5.74, 6) is 4.73. The number of carbonyl (C=O) groups excluding carboxylic acids is 1. The average molecular weight is 300 g/mol. The Morgan fingerprint density at radius 3 is 2.45 bits per heavy atom. The largest absolute Gasteiger partial charge is 0.300 e. The average Bonchev–Trinajstić information content (AvgIpc) is 2.94. The first-order valence-electron chi connectivity index (χ1n) is 9.93. The van der Waals surface area contributed by atoms with Gasteiger partial charge in [0.15, 0.2) is 0 Å². The van der Waals surface area contributed by atoms with Crippen molar-refractivity contribution in [3.05, 3.63) is 0 Å². The highest BCUT2D eigenvalue weighted by atomic mass is 16.1. The van der Waals surface area contributed by atoms with E-state index in [-0.39, 0.29) is 0 Å². The maximum Gasteiger partial charge on any atom is 0.133 e. The fourth-order valence-electron chi connectivity index (χ4n) is 8.90. The number of carbonyl (C=O) groups is 1. The van der Waals surface area contributed by atoms with Crippen molar-refractivity contribution in [1.82, 2.24) is 0 Å². The van der Waals surface area contributed by atoms with Gasteiger partial charge in [0.25, 0.3) is 0 Å². The molecule has 0 aliphatic heterocycles. The predicted molar refractivity (Wildman–Crippen MR) is 88.3 cm³/mol. The van der Waals surface area contributed by atoms with E-state index in [1.807, 2.05) is 6.92 Å². The third-order valence-electron chi connectivity index (χ3n) is 10.1. The van der Waals surface area contributed by atoms with Gasteiger partial charge in [-0.25, -0.2) is 0 Å². The molecule has 0 unspecified atom stereocenters. The third-order valence-corrected chi connectivity index (χ3v) is 10.1. The molecule has 122 valence electrons. The molecule has 5 aliphatic rings. The van der Waals surface area contributed by atoms with Gasteiger partial charge in [-0.15, -0.1) is 0 Å². The Labute approximate surface area is 135 Å². The number of rotatable bonds is 1. The van der Waals surface area contributed by atoms with Crippen molar-refractivity contribution in [3.63, 3.8) is 0 Å². The van der Waals surface area contributed by atoms with Crippen molar-refractivity contribution >= 4 is 5.78 Å². The van der Waals surface area contributed by atoms with Gasteiger partial charge in [-0.1, -0.05) is 13.8 Å². The summed E-state index contributed by atoms with van der Waals surface area (Å²) in [6.07, 6.45) is 12.9. The Morgan fingerprint density at radius 2 is 1.73 bits per heavy atom. The number of hydrogen-bond acceptors (Lipinski definition) is 1. The molecule has 0 bridgehead atoms. The van der Waals surface area contributed by atoms with Gasteiger partial charge in [0, 0.05) is 5.92 Å². The molecule has 5 saturated carbocycles. The topological polar surface area (TPSA) is 17.1 Å². The molecule has 0 aromatic heterocycles. The minimum absolute atomic E-state index is 0.343. The van der Waals surface area contributed by atoms with Gasteiger partial charge in [-0.05, 0) is 105 Å². The molecule has 5 aliphatic carbocycles. The second kappa shape index (κ2) is 4.01. The van der Waals surface area contributed by atoms with Gasteiger partial charge in [-0.2, -0.15) is 0 Å². The molecule has 0 amide bonds. The monoisotopic (exact) mass is 300 g/mol. The van der Waals surface area contributed by atoms with Gasteiger partial charge < -0.3 is 0 Å². The molecular formula is C21H32O. The van der Waals surface area contributed by atoms with Crippen LogP contribution in [-0.4, -0.2) is 5.78 Å². The summed E-state index contributed by atoms with van der Waals surface area (Å²) < 4.78 is 0. The van der Waals surface area contributed by atoms with Crippen LogP contribution in [0.15, 0.2) is 0 Å². The quantitative estimate of drug-likeness (QED) is 0.647. The van der Waals surface area contributed by atoms with Crippen molar-refractivity contribution in [2.24, 2.45) is 45.8 Å². The lowest BCUT2D eigenvalue weighted by molar-refractivity contribution is -0.131. The first kappa shape index (κ1) is 14.1.